The second-order valence-corrected chi connectivity index (χ2v) is 5.79. The highest BCUT2D eigenvalue weighted by atomic mass is 31.1. The predicted molar refractivity (Wildman–Crippen MR) is 81.0 cm³/mol. The second kappa shape index (κ2) is 7.43. The van der Waals surface area contributed by atoms with E-state index >= 15 is 0 Å². The van der Waals surface area contributed by atoms with Crippen LogP contribution in [0.5, 0.6) is 0 Å². The van der Waals surface area contributed by atoms with Crippen LogP contribution in [0.15, 0.2) is 60.7 Å². The molecule has 0 saturated heterocycles. The van der Waals surface area contributed by atoms with Crippen LogP contribution in [-0.2, 0) is 21.9 Å². The first-order valence-corrected chi connectivity index (χ1v) is 7.80. The first-order valence-electron chi connectivity index (χ1n) is 6.67. The molecule has 0 radical (unpaired) electrons. The summed E-state index contributed by atoms with van der Waals surface area (Å²) in [5, 5.41) is 10.8. The Hall–Kier alpha value is -1.58. The van der Waals surface area contributed by atoms with Crippen molar-refractivity contribution in [2.75, 3.05) is 6.61 Å². The Balaban J connectivity index is 2.15. The summed E-state index contributed by atoms with van der Waals surface area (Å²) >= 11 is 0. The van der Waals surface area contributed by atoms with Gasteiger partial charge in [-0.1, -0.05) is 60.7 Å². The van der Waals surface area contributed by atoms with Crippen molar-refractivity contribution in [3.05, 3.63) is 71.8 Å². The smallest absolute Gasteiger partial charge is 0.387 e. The lowest BCUT2D eigenvalue weighted by Gasteiger charge is -2.26. The van der Waals surface area contributed by atoms with E-state index in [1.807, 2.05) is 60.7 Å². The van der Waals surface area contributed by atoms with Crippen molar-refractivity contribution >= 4 is 8.25 Å². The molecular formula is C16H18O4P+. The average Bonchev–Trinajstić information content (AvgIpc) is 2.47. The van der Waals surface area contributed by atoms with Crippen LogP contribution in [0.25, 0.3) is 0 Å². The van der Waals surface area contributed by atoms with Crippen LogP contribution in [0, 0.1) is 0 Å². The van der Waals surface area contributed by atoms with Crippen LogP contribution < -0.4 is 0 Å². The zero-order chi connectivity index (χ0) is 15.1. The van der Waals surface area contributed by atoms with E-state index < -0.39 is 13.9 Å². The Morgan fingerprint density at radius 3 is 1.71 bits per heavy atom. The molecule has 0 bridgehead atoms. The molecule has 4 nitrogen and oxygen atoms in total. The van der Waals surface area contributed by atoms with E-state index in [4.69, 9.17) is 9.42 Å². The second-order valence-electron chi connectivity index (χ2n) is 5.06. The van der Waals surface area contributed by atoms with Gasteiger partial charge in [-0.05, 0) is 11.1 Å². The van der Waals surface area contributed by atoms with Crippen LogP contribution in [0.4, 0.5) is 0 Å². The van der Waals surface area contributed by atoms with Gasteiger partial charge < -0.3 is 5.11 Å². The number of rotatable bonds is 7. The zero-order valence-corrected chi connectivity index (χ0v) is 12.4. The normalized spacial score (nSPS) is 12.2. The van der Waals surface area contributed by atoms with Gasteiger partial charge in [0, 0.05) is 17.4 Å². The minimum atomic E-state index is -2.72. The third-order valence-electron chi connectivity index (χ3n) is 3.20. The van der Waals surface area contributed by atoms with Gasteiger partial charge in [0.15, 0.2) is 0 Å². The molecule has 2 aromatic carbocycles. The van der Waals surface area contributed by atoms with Gasteiger partial charge in [-0.25, -0.2) is 0 Å². The molecule has 0 saturated carbocycles. The van der Waals surface area contributed by atoms with Crippen LogP contribution in [0.3, 0.4) is 0 Å². The third kappa shape index (κ3) is 5.37. The van der Waals surface area contributed by atoms with E-state index in [-0.39, 0.29) is 6.61 Å². The number of benzene rings is 2. The monoisotopic (exact) mass is 305 g/mol. The van der Waals surface area contributed by atoms with Gasteiger partial charge >= 0.3 is 8.25 Å². The van der Waals surface area contributed by atoms with E-state index in [2.05, 4.69) is 0 Å². The maximum absolute atomic E-state index is 10.8. The highest BCUT2D eigenvalue weighted by molar-refractivity contribution is 7.32. The Bertz CT molecular complexity index is 530. The van der Waals surface area contributed by atoms with Crippen LogP contribution in [-0.4, -0.2) is 22.2 Å². The standard InChI is InChI=1S/C16H17O4P/c17-16(13-20-21(18)19,11-14-7-3-1-4-8-14)12-15-9-5-2-6-10-15/h1-10,17H,11-13H2/p+1. The predicted octanol–water partition coefficient (Wildman–Crippen LogP) is 2.87. The highest BCUT2D eigenvalue weighted by Crippen LogP contribution is 2.24. The molecule has 0 aromatic heterocycles. The van der Waals surface area contributed by atoms with Crippen molar-refractivity contribution in [2.45, 2.75) is 18.4 Å². The summed E-state index contributed by atoms with van der Waals surface area (Å²) in [5.74, 6) is 0. The van der Waals surface area contributed by atoms with Crippen molar-refractivity contribution in [2.24, 2.45) is 0 Å². The molecule has 5 heteroatoms. The summed E-state index contributed by atoms with van der Waals surface area (Å²) in [7, 11) is -2.72. The molecule has 2 N–H and O–H groups in total. The van der Waals surface area contributed by atoms with Crippen molar-refractivity contribution in [3.63, 3.8) is 0 Å². The summed E-state index contributed by atoms with van der Waals surface area (Å²) in [6.07, 6.45) is 0.706. The summed E-state index contributed by atoms with van der Waals surface area (Å²) in [6.45, 7) is -0.192. The van der Waals surface area contributed by atoms with Gasteiger partial charge in [0.1, 0.15) is 12.2 Å². The molecule has 0 aliphatic heterocycles. The minimum Gasteiger partial charge on any atom is -0.387 e. The number of aliphatic hydroxyl groups is 1. The molecular weight excluding hydrogens is 287 g/mol. The average molecular weight is 305 g/mol. The Kier molecular flexibility index (Phi) is 5.59. The largest absolute Gasteiger partial charge is 0.694 e. The van der Waals surface area contributed by atoms with E-state index in [0.717, 1.165) is 11.1 Å². The van der Waals surface area contributed by atoms with Crippen molar-refractivity contribution in [1.29, 1.82) is 0 Å². The van der Waals surface area contributed by atoms with Gasteiger partial charge in [-0.2, -0.15) is 0 Å². The van der Waals surface area contributed by atoms with E-state index in [1.54, 1.807) is 0 Å². The fraction of sp³-hybridized carbons (Fsp3) is 0.250. The first-order chi connectivity index (χ1) is 10.1. The third-order valence-corrected chi connectivity index (χ3v) is 3.55. The van der Waals surface area contributed by atoms with E-state index in [0.29, 0.717) is 12.8 Å². The van der Waals surface area contributed by atoms with E-state index in [9.17, 15) is 9.67 Å². The SMILES string of the molecule is O=[P+](O)OCC(O)(Cc1ccccc1)Cc1ccccc1. The first kappa shape index (κ1) is 15.8. The van der Waals surface area contributed by atoms with Gasteiger partial charge in [-0.3, -0.25) is 0 Å². The van der Waals surface area contributed by atoms with Crippen LogP contribution >= 0.6 is 8.25 Å². The molecule has 2 aromatic rings. The number of hydrogen-bond donors (Lipinski definition) is 2. The summed E-state index contributed by atoms with van der Waals surface area (Å²) in [6, 6.07) is 19.0. The maximum atomic E-state index is 10.8. The topological polar surface area (TPSA) is 66.8 Å². The zero-order valence-electron chi connectivity index (χ0n) is 11.6. The van der Waals surface area contributed by atoms with Gasteiger partial charge in [-0.15, -0.1) is 9.42 Å². The molecule has 1 unspecified atom stereocenters. The van der Waals surface area contributed by atoms with Crippen molar-refractivity contribution in [1.82, 2.24) is 0 Å². The van der Waals surface area contributed by atoms with Crippen LogP contribution in [0.1, 0.15) is 11.1 Å². The molecule has 0 amide bonds. The summed E-state index contributed by atoms with van der Waals surface area (Å²) in [5.41, 5.74) is 0.677. The molecule has 0 heterocycles. The highest BCUT2D eigenvalue weighted by Gasteiger charge is 2.32. The maximum Gasteiger partial charge on any atom is 0.694 e. The minimum absolute atomic E-state index is 0.192. The molecule has 0 fully saturated rings. The molecule has 21 heavy (non-hydrogen) atoms. The fourth-order valence-corrected chi connectivity index (χ4v) is 2.64. The molecule has 110 valence electrons. The van der Waals surface area contributed by atoms with Gasteiger partial charge in [0.2, 0.25) is 0 Å². The molecule has 1 atom stereocenters. The molecule has 0 aliphatic rings. The lowest BCUT2D eigenvalue weighted by molar-refractivity contribution is -0.00524. The molecule has 0 spiro atoms. The number of hydrogen-bond acceptors (Lipinski definition) is 3. The molecule has 2 rings (SSSR count). The Morgan fingerprint density at radius 2 is 1.33 bits per heavy atom. The van der Waals surface area contributed by atoms with Gasteiger partial charge in [0.05, 0.1) is 0 Å². The lowest BCUT2D eigenvalue weighted by atomic mass is 9.89. The molecule has 0 aliphatic carbocycles. The Labute approximate surface area is 125 Å². The van der Waals surface area contributed by atoms with Crippen molar-refractivity contribution < 1.29 is 19.1 Å². The lowest BCUT2D eigenvalue weighted by Crippen LogP contribution is -2.38. The van der Waals surface area contributed by atoms with E-state index in [1.165, 1.54) is 0 Å². The Morgan fingerprint density at radius 1 is 0.905 bits per heavy atom. The van der Waals surface area contributed by atoms with Crippen LogP contribution in [0.2, 0.25) is 0 Å². The fourth-order valence-electron chi connectivity index (χ4n) is 2.29. The van der Waals surface area contributed by atoms with Gasteiger partial charge in [0.25, 0.3) is 0 Å². The van der Waals surface area contributed by atoms with Crippen molar-refractivity contribution in [3.8, 4) is 0 Å². The summed E-state index contributed by atoms with van der Waals surface area (Å²) in [4.78, 5) is 8.82. The summed E-state index contributed by atoms with van der Waals surface area (Å²) < 4.78 is 15.5. The quantitative estimate of drug-likeness (QED) is 0.772.